The Morgan fingerprint density at radius 3 is 1.16 bits per heavy atom. The Morgan fingerprint density at radius 2 is 0.758 bits per heavy atom. The summed E-state index contributed by atoms with van der Waals surface area (Å²) in [7, 11) is 3.10. The highest BCUT2D eigenvalue weighted by atomic mass is 16.5. The summed E-state index contributed by atoms with van der Waals surface area (Å²) in [5, 5.41) is 0. The number of fused-ring (bicyclic) bond motifs is 6. The van der Waals surface area contributed by atoms with Crippen LogP contribution in [0.3, 0.4) is 0 Å². The van der Waals surface area contributed by atoms with Gasteiger partial charge in [0, 0.05) is 49.1 Å². The van der Waals surface area contributed by atoms with Crippen LogP contribution < -0.4 is 0 Å². The molecule has 62 heavy (non-hydrogen) atoms. The van der Waals surface area contributed by atoms with Gasteiger partial charge in [-0.25, -0.2) is 0 Å². The fourth-order valence-corrected chi connectivity index (χ4v) is 19.1. The first-order valence-corrected chi connectivity index (χ1v) is 27.7. The lowest BCUT2D eigenvalue weighted by Crippen LogP contribution is -2.59. The predicted octanol–water partition coefficient (Wildman–Crippen LogP) is 13.2. The molecule has 0 aromatic rings. The molecule has 0 aliphatic heterocycles. The van der Waals surface area contributed by atoms with Crippen LogP contribution in [0, 0.1) is 70.0 Å². The molecule has 9 aliphatic rings. The predicted molar refractivity (Wildman–Crippen MR) is 251 cm³/mol. The van der Waals surface area contributed by atoms with Crippen LogP contribution in [0.25, 0.3) is 0 Å². The van der Waals surface area contributed by atoms with E-state index in [1.165, 1.54) is 167 Å². The zero-order valence-corrected chi connectivity index (χ0v) is 41.0. The lowest BCUT2D eigenvalue weighted by atomic mass is 9.66. The van der Waals surface area contributed by atoms with Gasteiger partial charge in [-0.05, 0) is 218 Å². The first kappa shape index (κ1) is 46.0. The summed E-state index contributed by atoms with van der Waals surface area (Å²) in [4.78, 5) is 30.9. The van der Waals surface area contributed by atoms with Gasteiger partial charge in [0.25, 0.3) is 0 Å². The number of ether oxygens (including phenoxy) is 2. The average Bonchev–Trinajstić information content (AvgIpc) is 3.67. The second kappa shape index (κ2) is 19.6. The van der Waals surface area contributed by atoms with Crippen molar-refractivity contribution >= 4 is 11.9 Å². The molecule has 0 aromatic carbocycles. The Hall–Kier alpha value is -1.14. The Morgan fingerprint density at radius 1 is 0.403 bits per heavy atom. The number of carbonyl (C=O) groups is 2. The van der Waals surface area contributed by atoms with E-state index < -0.39 is 0 Å². The molecule has 0 saturated heterocycles. The number of hydrogen-bond donors (Lipinski definition) is 0. The number of esters is 2. The first-order chi connectivity index (χ1) is 30.0. The van der Waals surface area contributed by atoms with Crippen LogP contribution >= 0.6 is 0 Å². The van der Waals surface area contributed by atoms with Crippen LogP contribution in [0.15, 0.2) is 0 Å². The standard InChI is InChI=1S/C56H94N2O4/c1-55(2)49-16-9-7-14-45(49)47-30-28-43(35-51(47)55)57(39-24-18-37(19-25-39)22-32-53(59)61-5)41-12-11-13-42(34-41)58(40-26-20-38(21-27-40)23-33-54(60)62-6)44-29-31-48-46-15-8-10-17-50(46)56(3,4)52(48)36-44/h37-52H,7-36H2,1-6H3. The minimum Gasteiger partial charge on any atom is -0.469 e. The van der Waals surface area contributed by atoms with Crippen LogP contribution in [0.1, 0.15) is 220 Å². The third-order valence-corrected chi connectivity index (χ3v) is 22.1. The van der Waals surface area contributed by atoms with Gasteiger partial charge in [-0.2, -0.15) is 0 Å². The molecule has 9 saturated carbocycles. The van der Waals surface area contributed by atoms with Gasteiger partial charge in [0.05, 0.1) is 14.2 Å². The van der Waals surface area contributed by atoms with E-state index in [-0.39, 0.29) is 11.9 Å². The van der Waals surface area contributed by atoms with E-state index in [0.29, 0.717) is 59.7 Å². The summed E-state index contributed by atoms with van der Waals surface area (Å²) >= 11 is 0. The normalized spacial score (nSPS) is 43.9. The van der Waals surface area contributed by atoms with Gasteiger partial charge in [0.15, 0.2) is 0 Å². The van der Waals surface area contributed by atoms with E-state index in [1.54, 1.807) is 14.2 Å². The Bertz CT molecular complexity index is 1390. The van der Waals surface area contributed by atoms with Crippen molar-refractivity contribution in [2.75, 3.05) is 14.2 Å². The summed E-state index contributed by atoms with van der Waals surface area (Å²) in [6, 6.07) is 4.32. The fraction of sp³-hybridized carbons (Fsp3) is 0.964. The number of rotatable bonds is 12. The molecule has 6 heteroatoms. The highest BCUT2D eigenvalue weighted by Crippen LogP contribution is 2.65. The van der Waals surface area contributed by atoms with Crippen LogP contribution in [-0.2, 0) is 19.1 Å². The summed E-state index contributed by atoms with van der Waals surface area (Å²) < 4.78 is 10.2. The molecule has 0 radical (unpaired) electrons. The minimum atomic E-state index is -0.0268. The van der Waals surface area contributed by atoms with Gasteiger partial charge >= 0.3 is 11.9 Å². The van der Waals surface area contributed by atoms with Crippen LogP contribution in [-0.4, -0.2) is 72.2 Å². The van der Waals surface area contributed by atoms with Crippen molar-refractivity contribution in [3.63, 3.8) is 0 Å². The molecular weight excluding hydrogens is 765 g/mol. The van der Waals surface area contributed by atoms with E-state index in [9.17, 15) is 9.59 Å². The molecule has 0 bridgehead atoms. The molecule has 12 atom stereocenters. The van der Waals surface area contributed by atoms with Crippen molar-refractivity contribution in [1.29, 1.82) is 0 Å². The van der Waals surface area contributed by atoms with Gasteiger partial charge in [0.2, 0.25) is 0 Å². The fourth-order valence-electron chi connectivity index (χ4n) is 19.1. The zero-order valence-electron chi connectivity index (χ0n) is 41.0. The zero-order chi connectivity index (χ0) is 43.2. The molecule has 352 valence electrons. The SMILES string of the molecule is COC(=O)CCC1CCC(N(C2CCCC(N(C3CCC(CCC(=O)OC)CC3)C3CCC4C5CCCCC5C(C)(C)C4C3)C2)C2CCC3C4CCCCC4C(C)(C)C3C2)CC1. The first-order valence-electron chi connectivity index (χ1n) is 27.7. The number of carbonyl (C=O) groups excluding carboxylic acids is 2. The molecule has 9 fully saturated rings. The Kier molecular flexibility index (Phi) is 14.5. The molecule has 0 amide bonds. The lowest BCUT2D eigenvalue weighted by Gasteiger charge is -2.55. The molecule has 0 N–H and O–H groups in total. The average molecular weight is 859 g/mol. The maximum Gasteiger partial charge on any atom is 0.305 e. The summed E-state index contributed by atoms with van der Waals surface area (Å²) in [5.41, 5.74) is 0.967. The van der Waals surface area contributed by atoms with E-state index in [4.69, 9.17) is 9.47 Å². The third-order valence-electron chi connectivity index (χ3n) is 22.1. The minimum absolute atomic E-state index is 0.0268. The van der Waals surface area contributed by atoms with Gasteiger partial charge in [-0.15, -0.1) is 0 Å². The van der Waals surface area contributed by atoms with Crippen molar-refractivity contribution in [2.24, 2.45) is 70.0 Å². The second-order valence-corrected chi connectivity index (χ2v) is 25.2. The van der Waals surface area contributed by atoms with Crippen molar-refractivity contribution in [3.8, 4) is 0 Å². The largest absolute Gasteiger partial charge is 0.469 e. The van der Waals surface area contributed by atoms with Crippen LogP contribution in [0.4, 0.5) is 0 Å². The Labute approximate surface area is 380 Å². The number of nitrogens with zero attached hydrogens (tertiary/aromatic N) is 2. The molecule has 0 heterocycles. The molecule has 0 aromatic heterocycles. The van der Waals surface area contributed by atoms with Gasteiger partial charge in [0.1, 0.15) is 0 Å². The van der Waals surface area contributed by atoms with Gasteiger partial charge < -0.3 is 9.47 Å². The highest BCUT2D eigenvalue weighted by Gasteiger charge is 2.59. The van der Waals surface area contributed by atoms with Gasteiger partial charge in [-0.1, -0.05) is 59.8 Å². The summed E-state index contributed by atoms with van der Waals surface area (Å²) in [6.45, 7) is 10.9. The lowest BCUT2D eigenvalue weighted by molar-refractivity contribution is -0.141. The van der Waals surface area contributed by atoms with Crippen molar-refractivity contribution in [3.05, 3.63) is 0 Å². The maximum absolute atomic E-state index is 12.2. The number of methoxy groups -OCH3 is 2. The maximum atomic E-state index is 12.2. The topological polar surface area (TPSA) is 59.1 Å². The monoisotopic (exact) mass is 859 g/mol. The molecule has 9 aliphatic carbocycles. The van der Waals surface area contributed by atoms with Gasteiger partial charge in [-0.3, -0.25) is 19.4 Å². The molecule has 9 rings (SSSR count). The smallest absolute Gasteiger partial charge is 0.305 e. The van der Waals surface area contributed by atoms with Crippen molar-refractivity contribution in [1.82, 2.24) is 9.80 Å². The van der Waals surface area contributed by atoms with Crippen LogP contribution in [0.2, 0.25) is 0 Å². The van der Waals surface area contributed by atoms with E-state index in [0.717, 1.165) is 72.3 Å². The molecular formula is C56H94N2O4. The third kappa shape index (κ3) is 9.14. The number of hydrogen-bond acceptors (Lipinski definition) is 6. The summed E-state index contributed by atoms with van der Waals surface area (Å²) in [6.07, 6.45) is 39.9. The molecule has 0 spiro atoms. The van der Waals surface area contributed by atoms with E-state index in [1.807, 2.05) is 0 Å². The molecule has 12 unspecified atom stereocenters. The van der Waals surface area contributed by atoms with Crippen molar-refractivity contribution < 1.29 is 19.1 Å². The highest BCUT2D eigenvalue weighted by molar-refractivity contribution is 5.69. The van der Waals surface area contributed by atoms with E-state index >= 15 is 0 Å². The van der Waals surface area contributed by atoms with Crippen molar-refractivity contribution in [2.45, 2.75) is 257 Å². The Balaban J connectivity index is 0.964. The molecule has 6 nitrogen and oxygen atoms in total. The summed E-state index contributed by atoms with van der Waals surface area (Å²) in [5.74, 6) is 8.93. The van der Waals surface area contributed by atoms with E-state index in [2.05, 4.69) is 37.5 Å². The quantitative estimate of drug-likeness (QED) is 0.182. The van der Waals surface area contributed by atoms with Crippen LogP contribution in [0.5, 0.6) is 0 Å². The second-order valence-electron chi connectivity index (χ2n) is 25.2.